The topological polar surface area (TPSA) is 126 Å². The van der Waals surface area contributed by atoms with Crippen LogP contribution in [0.1, 0.15) is 10.6 Å². The summed E-state index contributed by atoms with van der Waals surface area (Å²) in [4.78, 5) is 27.9. The molecule has 2 aromatic rings. The number of aromatic nitrogens is 3. The van der Waals surface area contributed by atoms with Gasteiger partial charge >= 0.3 is 0 Å². The molecule has 0 unspecified atom stereocenters. The predicted molar refractivity (Wildman–Crippen MR) is 74.5 cm³/mol. The molecule has 0 radical (unpaired) electrons. The van der Waals surface area contributed by atoms with Gasteiger partial charge in [-0.15, -0.1) is 16.9 Å². The summed E-state index contributed by atoms with van der Waals surface area (Å²) in [6, 6.07) is 5.28. The van der Waals surface area contributed by atoms with Gasteiger partial charge in [0.2, 0.25) is 17.7 Å². The van der Waals surface area contributed by atoms with Gasteiger partial charge in [-0.2, -0.15) is 4.98 Å². The average Bonchev–Trinajstić information content (AvgIpc) is 2.85. The zero-order valence-corrected chi connectivity index (χ0v) is 11.0. The number of nitrogens with zero attached hydrogens (tertiary/aromatic N) is 2. The van der Waals surface area contributed by atoms with E-state index in [1.165, 1.54) is 11.8 Å². The number of fused-ring (bicyclic) bond motifs is 1. The smallest absolute Gasteiger partial charge is 0.293 e. The molecule has 0 saturated heterocycles. The molecule has 3 rings (SSSR count). The van der Waals surface area contributed by atoms with E-state index < -0.39 is 5.91 Å². The number of nitrogens with one attached hydrogen (secondary N) is 3. The molecular formula is C11H10N6O2S. The van der Waals surface area contributed by atoms with Crippen LogP contribution >= 0.6 is 11.8 Å². The fourth-order valence-electron chi connectivity index (χ4n) is 1.73. The van der Waals surface area contributed by atoms with E-state index in [2.05, 4.69) is 25.8 Å². The number of carbonyl (C=O) groups excluding carboxylic acids is 2. The normalized spacial score (nSPS) is 13.5. The van der Waals surface area contributed by atoms with E-state index in [4.69, 9.17) is 5.73 Å². The standard InChI is InChI=1S/C11H10N6O2S/c12-11-15-9(16-17-11)10(19)13-5-1-2-7-6(3-5)14-8(18)4-20-7/h1-3H,4H2,(H,13,19)(H,14,18)(H3,12,15,16,17). The Kier molecular flexibility index (Phi) is 3.03. The van der Waals surface area contributed by atoms with Crippen molar-refractivity contribution in [2.24, 2.45) is 0 Å². The number of hydrogen-bond acceptors (Lipinski definition) is 6. The molecule has 9 heteroatoms. The molecule has 0 aliphatic carbocycles. The van der Waals surface area contributed by atoms with Crippen molar-refractivity contribution in [3.8, 4) is 0 Å². The van der Waals surface area contributed by atoms with Gasteiger partial charge in [0.05, 0.1) is 11.4 Å². The molecule has 0 fully saturated rings. The van der Waals surface area contributed by atoms with Crippen LogP contribution < -0.4 is 16.4 Å². The van der Waals surface area contributed by atoms with Gasteiger partial charge in [0.15, 0.2) is 0 Å². The second-order valence-corrected chi connectivity index (χ2v) is 5.06. The fraction of sp³-hybridized carbons (Fsp3) is 0.0909. The summed E-state index contributed by atoms with van der Waals surface area (Å²) in [6.45, 7) is 0. The van der Waals surface area contributed by atoms with E-state index in [1.807, 2.05) is 6.07 Å². The van der Waals surface area contributed by atoms with Gasteiger partial charge in [-0.1, -0.05) is 0 Å². The number of nitrogen functional groups attached to an aromatic ring is 1. The van der Waals surface area contributed by atoms with Crippen molar-refractivity contribution in [1.82, 2.24) is 15.2 Å². The number of hydrogen-bond donors (Lipinski definition) is 4. The lowest BCUT2D eigenvalue weighted by Crippen LogP contribution is -2.19. The average molecular weight is 290 g/mol. The molecule has 5 N–H and O–H groups in total. The van der Waals surface area contributed by atoms with E-state index >= 15 is 0 Å². The Bertz CT molecular complexity index is 698. The first kappa shape index (κ1) is 12.5. The van der Waals surface area contributed by atoms with Gasteiger partial charge in [-0.25, -0.2) is 0 Å². The quantitative estimate of drug-likeness (QED) is 0.644. The highest BCUT2D eigenvalue weighted by Crippen LogP contribution is 2.33. The predicted octanol–water partition coefficient (Wildman–Crippen LogP) is 0.683. The van der Waals surface area contributed by atoms with Crippen molar-refractivity contribution < 1.29 is 9.59 Å². The number of benzene rings is 1. The van der Waals surface area contributed by atoms with Crippen LogP contribution in [0.5, 0.6) is 0 Å². The molecule has 0 atom stereocenters. The number of rotatable bonds is 2. The zero-order chi connectivity index (χ0) is 14.1. The lowest BCUT2D eigenvalue weighted by Gasteiger charge is -2.17. The van der Waals surface area contributed by atoms with E-state index in [9.17, 15) is 9.59 Å². The minimum absolute atomic E-state index is 0.00394. The first-order valence-electron chi connectivity index (χ1n) is 5.68. The summed E-state index contributed by atoms with van der Waals surface area (Å²) in [6.07, 6.45) is 0. The van der Waals surface area contributed by atoms with Crippen molar-refractivity contribution >= 4 is 40.9 Å². The highest BCUT2D eigenvalue weighted by Gasteiger charge is 2.17. The van der Waals surface area contributed by atoms with Gasteiger partial charge in [0, 0.05) is 10.6 Å². The molecule has 8 nitrogen and oxygen atoms in total. The van der Waals surface area contributed by atoms with Crippen LogP contribution in [0.4, 0.5) is 17.3 Å². The Hall–Kier alpha value is -2.55. The molecule has 1 aromatic heterocycles. The van der Waals surface area contributed by atoms with Crippen LogP contribution in [-0.2, 0) is 4.79 Å². The largest absolute Gasteiger partial charge is 0.366 e. The number of aromatic amines is 1. The number of carbonyl (C=O) groups is 2. The number of amides is 2. The Morgan fingerprint density at radius 2 is 2.30 bits per heavy atom. The minimum atomic E-state index is -0.455. The maximum absolute atomic E-state index is 11.9. The van der Waals surface area contributed by atoms with Crippen molar-refractivity contribution in [3.63, 3.8) is 0 Å². The molecule has 0 spiro atoms. The van der Waals surface area contributed by atoms with Gasteiger partial charge in [-0.05, 0) is 18.2 Å². The molecule has 1 aliphatic rings. The van der Waals surface area contributed by atoms with Crippen LogP contribution in [0, 0.1) is 0 Å². The van der Waals surface area contributed by atoms with Gasteiger partial charge in [0.25, 0.3) is 5.91 Å². The van der Waals surface area contributed by atoms with Crippen molar-refractivity contribution in [2.45, 2.75) is 4.90 Å². The molecular weight excluding hydrogens is 280 g/mol. The Balaban J connectivity index is 1.80. The number of thioether (sulfide) groups is 1. The Morgan fingerprint density at radius 1 is 1.45 bits per heavy atom. The first-order valence-corrected chi connectivity index (χ1v) is 6.66. The minimum Gasteiger partial charge on any atom is -0.366 e. The highest BCUT2D eigenvalue weighted by atomic mass is 32.2. The summed E-state index contributed by atoms with van der Waals surface area (Å²) in [5.41, 5.74) is 6.56. The number of H-pyrrole nitrogens is 1. The molecule has 1 aromatic carbocycles. The van der Waals surface area contributed by atoms with Crippen LogP contribution in [0.2, 0.25) is 0 Å². The second kappa shape index (κ2) is 4.85. The molecule has 2 amide bonds. The SMILES string of the molecule is Nc1n[nH]c(C(=O)Nc2ccc3c(c2)NC(=O)CS3)n1. The van der Waals surface area contributed by atoms with Crippen molar-refractivity contribution in [1.29, 1.82) is 0 Å². The molecule has 0 bridgehead atoms. The van der Waals surface area contributed by atoms with E-state index in [0.717, 1.165) is 4.90 Å². The van der Waals surface area contributed by atoms with Crippen molar-refractivity contribution in [2.75, 3.05) is 22.1 Å². The van der Waals surface area contributed by atoms with Gasteiger partial charge in [-0.3, -0.25) is 14.7 Å². The first-order chi connectivity index (χ1) is 9.61. The third kappa shape index (κ3) is 2.43. The maximum Gasteiger partial charge on any atom is 0.293 e. The zero-order valence-electron chi connectivity index (χ0n) is 10.1. The van der Waals surface area contributed by atoms with Crippen LogP contribution in [0.3, 0.4) is 0 Å². The van der Waals surface area contributed by atoms with Crippen LogP contribution in [0.25, 0.3) is 0 Å². The van der Waals surface area contributed by atoms with E-state index in [-0.39, 0.29) is 17.7 Å². The van der Waals surface area contributed by atoms with Gasteiger partial charge < -0.3 is 16.4 Å². The lowest BCUT2D eigenvalue weighted by atomic mass is 10.2. The van der Waals surface area contributed by atoms with E-state index in [1.54, 1.807) is 12.1 Å². The fourth-order valence-corrected chi connectivity index (χ4v) is 2.52. The molecule has 102 valence electrons. The molecule has 1 aliphatic heterocycles. The monoisotopic (exact) mass is 290 g/mol. The lowest BCUT2D eigenvalue weighted by molar-refractivity contribution is -0.113. The Morgan fingerprint density at radius 3 is 3.05 bits per heavy atom. The molecule has 0 saturated carbocycles. The Labute approximate surface area is 117 Å². The third-order valence-corrected chi connectivity index (χ3v) is 3.66. The van der Waals surface area contributed by atoms with Crippen molar-refractivity contribution in [3.05, 3.63) is 24.0 Å². The number of nitrogens with two attached hydrogens (primary N) is 1. The van der Waals surface area contributed by atoms with E-state index in [0.29, 0.717) is 17.1 Å². The summed E-state index contributed by atoms with van der Waals surface area (Å²) in [7, 11) is 0. The van der Waals surface area contributed by atoms with Gasteiger partial charge in [0.1, 0.15) is 0 Å². The third-order valence-electron chi connectivity index (χ3n) is 2.59. The summed E-state index contributed by atoms with van der Waals surface area (Å²) in [5.74, 6) is -0.0865. The highest BCUT2D eigenvalue weighted by molar-refractivity contribution is 8.00. The second-order valence-electron chi connectivity index (χ2n) is 4.04. The summed E-state index contributed by atoms with van der Waals surface area (Å²) in [5, 5.41) is 11.4. The summed E-state index contributed by atoms with van der Waals surface area (Å²) < 4.78 is 0. The molecule has 2 heterocycles. The molecule has 20 heavy (non-hydrogen) atoms. The summed E-state index contributed by atoms with van der Waals surface area (Å²) >= 11 is 1.45. The van der Waals surface area contributed by atoms with Crippen LogP contribution in [0.15, 0.2) is 23.1 Å². The number of anilines is 3. The maximum atomic E-state index is 11.9. The van der Waals surface area contributed by atoms with Crippen LogP contribution in [-0.4, -0.2) is 32.7 Å².